The Hall–Kier alpha value is -1.44. The summed E-state index contributed by atoms with van der Waals surface area (Å²) in [6, 6.07) is 10.9. The van der Waals surface area contributed by atoms with Crippen LogP contribution in [0.15, 0.2) is 35.3 Å². The van der Waals surface area contributed by atoms with Crippen LogP contribution in [0.25, 0.3) is 0 Å². The molecule has 0 saturated heterocycles. The van der Waals surface area contributed by atoms with Gasteiger partial charge >= 0.3 is 10.4 Å². The maximum Gasteiger partial charge on any atom is 0.394 e. The molecule has 1 aromatic carbocycles. The Morgan fingerprint density at radius 3 is 1.41 bits per heavy atom. The van der Waals surface area contributed by atoms with E-state index in [4.69, 9.17) is 17.5 Å². The average Bonchev–Trinajstić information content (AvgIpc) is 3.43. The van der Waals surface area contributed by atoms with Gasteiger partial charge in [-0.15, -0.1) is 0 Å². The number of benzene rings is 1. The first-order chi connectivity index (χ1) is 18.9. The van der Waals surface area contributed by atoms with Crippen molar-refractivity contribution in [2.45, 2.75) is 149 Å². The number of hydrogen-bond acceptors (Lipinski definition) is 4. The average molecular weight is 569 g/mol. The zero-order valence-corrected chi connectivity index (χ0v) is 26.0. The number of amidine groups is 1. The van der Waals surface area contributed by atoms with Crippen LogP contribution in [-0.4, -0.2) is 36.4 Å². The van der Waals surface area contributed by atoms with Crippen molar-refractivity contribution in [2.24, 2.45) is 4.99 Å². The summed E-state index contributed by atoms with van der Waals surface area (Å²) >= 11 is 0. The molecule has 0 bridgehead atoms. The molecule has 2 rings (SSSR count). The van der Waals surface area contributed by atoms with E-state index < -0.39 is 10.4 Å². The fourth-order valence-corrected chi connectivity index (χ4v) is 4.68. The van der Waals surface area contributed by atoms with Crippen molar-refractivity contribution < 1.29 is 17.5 Å². The molecule has 7 heteroatoms. The molecule has 6 nitrogen and oxygen atoms in total. The van der Waals surface area contributed by atoms with Crippen molar-refractivity contribution in [3.05, 3.63) is 35.9 Å². The van der Waals surface area contributed by atoms with Crippen molar-refractivity contribution in [3.8, 4) is 0 Å². The third-order valence-corrected chi connectivity index (χ3v) is 6.92. The highest BCUT2D eigenvalue weighted by molar-refractivity contribution is 7.79. The van der Waals surface area contributed by atoms with Gasteiger partial charge in [-0.2, -0.15) is 8.42 Å². The zero-order valence-electron chi connectivity index (χ0n) is 25.2. The summed E-state index contributed by atoms with van der Waals surface area (Å²) < 4.78 is 31.6. The summed E-state index contributed by atoms with van der Waals surface area (Å²) in [5.74, 6) is 1.25. The number of aliphatic imine (C=N–C) groups is 1. The van der Waals surface area contributed by atoms with E-state index in [1.54, 1.807) is 0 Å². The van der Waals surface area contributed by atoms with Crippen molar-refractivity contribution in [1.29, 1.82) is 0 Å². The number of nitrogens with zero attached hydrogens (tertiary/aromatic N) is 1. The van der Waals surface area contributed by atoms with Crippen molar-refractivity contribution in [2.75, 3.05) is 13.1 Å². The fraction of sp³-hybridized carbons (Fsp3) is 0.781. The van der Waals surface area contributed by atoms with Gasteiger partial charge in [0.1, 0.15) is 0 Å². The summed E-state index contributed by atoms with van der Waals surface area (Å²) in [4.78, 5) is 4.41. The molecule has 0 fully saturated rings. The Bertz CT molecular complexity index is 762. The minimum Gasteiger partial charge on any atom is -0.372 e. The van der Waals surface area contributed by atoms with Crippen LogP contribution < -0.4 is 5.32 Å². The molecule has 0 aromatic heterocycles. The molecule has 1 aliphatic rings. The van der Waals surface area contributed by atoms with Crippen molar-refractivity contribution in [1.82, 2.24) is 5.32 Å². The van der Waals surface area contributed by atoms with Crippen LogP contribution in [0.1, 0.15) is 148 Å². The van der Waals surface area contributed by atoms with E-state index in [1.165, 1.54) is 146 Å². The lowest BCUT2D eigenvalue weighted by Crippen LogP contribution is -2.17. The lowest BCUT2D eigenvalue weighted by atomic mass is 10.0. The van der Waals surface area contributed by atoms with Gasteiger partial charge in [-0.3, -0.25) is 14.1 Å². The van der Waals surface area contributed by atoms with Gasteiger partial charge in [-0.05, 0) is 24.8 Å². The SMILES string of the molecule is CCCCCCCCCCCC1=NCCN1.CCCCCCCCCCCCc1ccccc1.O=S(=O)(O)O. The molecule has 0 aliphatic carbocycles. The molecule has 0 atom stereocenters. The van der Waals surface area contributed by atoms with Crippen LogP contribution in [-0.2, 0) is 16.8 Å². The number of aryl methyl sites for hydroxylation is 1. The number of unbranched alkanes of at least 4 members (excludes halogenated alkanes) is 17. The predicted molar refractivity (Wildman–Crippen MR) is 168 cm³/mol. The molecule has 39 heavy (non-hydrogen) atoms. The zero-order chi connectivity index (χ0) is 28.9. The third-order valence-electron chi connectivity index (χ3n) is 6.92. The molecular formula is C32H60N2O4S. The minimum absolute atomic E-state index is 0.993. The quantitative estimate of drug-likeness (QED) is 0.101. The first-order valence-electron chi connectivity index (χ1n) is 15.9. The second-order valence-corrected chi connectivity index (χ2v) is 11.6. The van der Waals surface area contributed by atoms with E-state index in [0.29, 0.717) is 0 Å². The highest BCUT2D eigenvalue weighted by Crippen LogP contribution is 2.13. The maximum absolute atomic E-state index is 8.74. The number of rotatable bonds is 21. The lowest BCUT2D eigenvalue weighted by Gasteiger charge is -2.03. The number of nitrogens with one attached hydrogen (secondary N) is 1. The van der Waals surface area contributed by atoms with E-state index >= 15 is 0 Å². The molecule has 1 aliphatic heterocycles. The minimum atomic E-state index is -4.67. The summed E-state index contributed by atoms with van der Waals surface area (Å²) in [5.41, 5.74) is 1.50. The monoisotopic (exact) mass is 568 g/mol. The molecule has 1 aromatic rings. The Morgan fingerprint density at radius 2 is 1.03 bits per heavy atom. The van der Waals surface area contributed by atoms with Crippen LogP contribution in [0, 0.1) is 0 Å². The topological polar surface area (TPSA) is 99.0 Å². The molecule has 228 valence electrons. The normalized spacial score (nSPS) is 12.6. The van der Waals surface area contributed by atoms with Crippen LogP contribution in [0.4, 0.5) is 0 Å². The van der Waals surface area contributed by atoms with Gasteiger partial charge in [-0.25, -0.2) is 0 Å². The van der Waals surface area contributed by atoms with Crippen LogP contribution in [0.5, 0.6) is 0 Å². The smallest absolute Gasteiger partial charge is 0.372 e. The molecule has 0 unspecified atom stereocenters. The standard InChI is InChI=1S/C18H30.C14H28N2.H2O4S/c1-2-3-4-5-6-7-8-9-10-12-15-18-16-13-11-14-17-18;1-2-3-4-5-6-7-8-9-10-11-14-15-12-13-16-14;1-5(2,3)4/h11,13-14,16-17H,2-10,12,15H2,1H3;2-13H2,1H3,(H,15,16);(H2,1,2,3,4). The molecule has 0 saturated carbocycles. The summed E-state index contributed by atoms with van der Waals surface area (Å²) in [5, 5.41) is 3.33. The summed E-state index contributed by atoms with van der Waals surface area (Å²) in [6.45, 7) is 6.62. The van der Waals surface area contributed by atoms with E-state index in [0.717, 1.165) is 13.1 Å². The Balaban J connectivity index is 0.000000635. The third kappa shape index (κ3) is 32.7. The van der Waals surface area contributed by atoms with Crippen molar-refractivity contribution in [3.63, 3.8) is 0 Å². The summed E-state index contributed by atoms with van der Waals surface area (Å²) in [6.07, 6.45) is 29.3. The molecule has 0 spiro atoms. The first kappa shape index (κ1) is 37.6. The van der Waals surface area contributed by atoms with Crippen LogP contribution in [0.2, 0.25) is 0 Å². The van der Waals surface area contributed by atoms with E-state index in [9.17, 15) is 0 Å². The van der Waals surface area contributed by atoms with E-state index in [2.05, 4.69) is 54.5 Å². The first-order valence-corrected chi connectivity index (χ1v) is 17.3. The predicted octanol–water partition coefficient (Wildman–Crippen LogP) is 9.41. The van der Waals surface area contributed by atoms with Gasteiger partial charge in [0.2, 0.25) is 0 Å². The maximum atomic E-state index is 8.74. The fourth-order valence-electron chi connectivity index (χ4n) is 4.68. The van der Waals surface area contributed by atoms with Gasteiger partial charge in [0, 0.05) is 13.0 Å². The highest BCUT2D eigenvalue weighted by atomic mass is 32.3. The largest absolute Gasteiger partial charge is 0.394 e. The Morgan fingerprint density at radius 1 is 0.641 bits per heavy atom. The lowest BCUT2D eigenvalue weighted by molar-refractivity contribution is 0.381. The van der Waals surface area contributed by atoms with Crippen LogP contribution in [0.3, 0.4) is 0 Å². The van der Waals surface area contributed by atoms with Gasteiger partial charge in [-0.1, -0.05) is 153 Å². The van der Waals surface area contributed by atoms with Crippen LogP contribution >= 0.6 is 0 Å². The van der Waals surface area contributed by atoms with E-state index in [-0.39, 0.29) is 0 Å². The molecule has 3 N–H and O–H groups in total. The molecular weight excluding hydrogens is 508 g/mol. The van der Waals surface area contributed by atoms with Crippen molar-refractivity contribution >= 4 is 16.2 Å². The second kappa shape index (κ2) is 28.1. The Labute approximate surface area is 241 Å². The highest BCUT2D eigenvalue weighted by Gasteiger charge is 2.03. The molecule has 0 radical (unpaired) electrons. The van der Waals surface area contributed by atoms with E-state index in [1.807, 2.05) is 0 Å². The Kier molecular flexibility index (Phi) is 27.1. The van der Waals surface area contributed by atoms with Gasteiger partial charge < -0.3 is 5.32 Å². The molecule has 0 amide bonds. The summed E-state index contributed by atoms with van der Waals surface area (Å²) in [7, 11) is -4.67. The number of hydrogen-bond donors (Lipinski definition) is 3. The molecule has 1 heterocycles. The second-order valence-electron chi connectivity index (χ2n) is 10.7. The van der Waals surface area contributed by atoms with Gasteiger partial charge in [0.25, 0.3) is 0 Å². The van der Waals surface area contributed by atoms with Gasteiger partial charge in [0.15, 0.2) is 0 Å². The van der Waals surface area contributed by atoms with Gasteiger partial charge in [0.05, 0.1) is 12.4 Å².